The third-order valence-electron chi connectivity index (χ3n) is 2.66. The highest BCUT2D eigenvalue weighted by atomic mass is 79.9. The highest BCUT2D eigenvalue weighted by Crippen LogP contribution is 2.20. The number of carbonyl (C=O) groups excluding carboxylic acids is 1. The minimum atomic E-state index is -0.0562. The van der Waals surface area contributed by atoms with Crippen LogP contribution in [0.15, 0.2) is 28.9 Å². The van der Waals surface area contributed by atoms with E-state index in [9.17, 15) is 4.79 Å². The number of rotatable bonds is 4. The van der Waals surface area contributed by atoms with Crippen molar-refractivity contribution in [3.05, 3.63) is 45.6 Å². The molecule has 3 heteroatoms. The number of amides is 1. The molecule has 1 rings (SSSR count). The maximum atomic E-state index is 11.9. The molecule has 0 fully saturated rings. The molecule has 20 heavy (non-hydrogen) atoms. The number of unbranched alkanes of at least 4 members (excludes halogenated alkanes) is 1. The van der Waals surface area contributed by atoms with Crippen LogP contribution in [0.2, 0.25) is 0 Å². The molecule has 2 nitrogen and oxygen atoms in total. The average Bonchev–Trinajstić information content (AvgIpc) is 2.39. The molecule has 1 N–H and O–H groups in total. The molecule has 0 radical (unpaired) electrons. The monoisotopic (exact) mass is 339 g/mol. The van der Waals surface area contributed by atoms with Gasteiger partial charge in [-0.3, -0.25) is 4.79 Å². The summed E-state index contributed by atoms with van der Waals surface area (Å²) in [7, 11) is 0. The molecule has 0 atom stereocenters. The molecular weight excluding hydrogens is 314 g/mol. The van der Waals surface area contributed by atoms with Gasteiger partial charge in [0.15, 0.2) is 0 Å². The Morgan fingerprint density at radius 2 is 1.85 bits per heavy atom. The highest BCUT2D eigenvalue weighted by molar-refractivity contribution is 9.10. The van der Waals surface area contributed by atoms with Gasteiger partial charge in [-0.2, -0.15) is 0 Å². The van der Waals surface area contributed by atoms with E-state index in [0.29, 0.717) is 0 Å². The van der Waals surface area contributed by atoms with Gasteiger partial charge in [0.1, 0.15) is 0 Å². The van der Waals surface area contributed by atoms with E-state index in [-0.39, 0.29) is 5.91 Å². The standard InChI is InChI=1S/C14H18BrNO.C3H8/c1-4-5-6-7-16-14(17)13-9-12(15)8-10(2)11(13)3;1-3-2/h6-9H,4-5H2,1-3H3,(H,16,17);3H2,1-2H3/b7-6+;. The second-order valence-electron chi connectivity index (χ2n) is 4.77. The fourth-order valence-corrected chi connectivity index (χ4v) is 2.09. The first-order valence-corrected chi connectivity index (χ1v) is 7.99. The molecule has 0 saturated carbocycles. The number of hydrogen-bond donors (Lipinski definition) is 1. The Hall–Kier alpha value is -1.09. The van der Waals surface area contributed by atoms with Crippen molar-refractivity contribution in [2.75, 3.05) is 0 Å². The van der Waals surface area contributed by atoms with Crippen molar-refractivity contribution in [1.29, 1.82) is 0 Å². The Morgan fingerprint density at radius 1 is 1.25 bits per heavy atom. The summed E-state index contributed by atoms with van der Waals surface area (Å²) in [6, 6.07) is 3.87. The molecule has 0 spiro atoms. The normalized spacial score (nSPS) is 10.1. The summed E-state index contributed by atoms with van der Waals surface area (Å²) in [6.45, 7) is 10.3. The van der Waals surface area contributed by atoms with Crippen molar-refractivity contribution in [3.63, 3.8) is 0 Å². The first-order valence-electron chi connectivity index (χ1n) is 7.20. The summed E-state index contributed by atoms with van der Waals surface area (Å²) in [6.07, 6.45) is 7.01. The van der Waals surface area contributed by atoms with Crippen molar-refractivity contribution >= 4 is 21.8 Å². The zero-order valence-electron chi connectivity index (χ0n) is 13.2. The molecule has 0 bridgehead atoms. The van der Waals surface area contributed by atoms with Crippen LogP contribution in [0.4, 0.5) is 0 Å². The van der Waals surface area contributed by atoms with Gasteiger partial charge < -0.3 is 5.32 Å². The van der Waals surface area contributed by atoms with Crippen LogP contribution in [-0.2, 0) is 0 Å². The lowest BCUT2D eigenvalue weighted by Crippen LogP contribution is -2.18. The first kappa shape index (κ1) is 18.9. The van der Waals surface area contributed by atoms with E-state index in [1.165, 1.54) is 6.42 Å². The van der Waals surface area contributed by atoms with E-state index in [1.807, 2.05) is 32.1 Å². The molecule has 0 unspecified atom stereocenters. The molecule has 1 aromatic carbocycles. The predicted octanol–water partition coefficient (Wildman–Crippen LogP) is 5.53. The Bertz CT molecular complexity index is 453. The van der Waals surface area contributed by atoms with Gasteiger partial charge in [-0.05, 0) is 43.5 Å². The van der Waals surface area contributed by atoms with E-state index in [4.69, 9.17) is 0 Å². The summed E-state index contributed by atoms with van der Waals surface area (Å²) < 4.78 is 0.934. The third kappa shape index (κ3) is 6.90. The van der Waals surface area contributed by atoms with Crippen LogP contribution in [0.3, 0.4) is 0 Å². The van der Waals surface area contributed by atoms with Gasteiger partial charge in [-0.1, -0.05) is 55.6 Å². The second-order valence-corrected chi connectivity index (χ2v) is 5.68. The molecule has 1 amide bonds. The molecule has 0 saturated heterocycles. The molecule has 0 heterocycles. The number of carbonyl (C=O) groups is 1. The van der Waals surface area contributed by atoms with E-state index in [2.05, 4.69) is 42.0 Å². The summed E-state index contributed by atoms with van der Waals surface area (Å²) in [4.78, 5) is 11.9. The average molecular weight is 340 g/mol. The summed E-state index contributed by atoms with van der Waals surface area (Å²) >= 11 is 3.41. The van der Waals surface area contributed by atoms with Crippen LogP contribution in [0.5, 0.6) is 0 Å². The SMILES string of the molecule is CCC.CCC/C=C/NC(=O)c1cc(Br)cc(C)c1C. The largest absolute Gasteiger partial charge is 0.329 e. The number of nitrogens with one attached hydrogen (secondary N) is 1. The second kappa shape index (κ2) is 10.7. The summed E-state index contributed by atoms with van der Waals surface area (Å²) in [5, 5.41) is 2.79. The van der Waals surface area contributed by atoms with Crippen LogP contribution in [-0.4, -0.2) is 5.91 Å². The Kier molecular flexibility index (Phi) is 10.1. The van der Waals surface area contributed by atoms with Crippen molar-refractivity contribution < 1.29 is 4.79 Å². The molecule has 1 aromatic rings. The quantitative estimate of drug-likeness (QED) is 0.767. The summed E-state index contributed by atoms with van der Waals surface area (Å²) in [5.41, 5.74) is 2.86. The van der Waals surface area contributed by atoms with Crippen LogP contribution >= 0.6 is 15.9 Å². The van der Waals surface area contributed by atoms with E-state index < -0.39 is 0 Å². The summed E-state index contributed by atoms with van der Waals surface area (Å²) in [5.74, 6) is -0.0562. The Labute approximate surface area is 131 Å². The predicted molar refractivity (Wildman–Crippen MR) is 91.1 cm³/mol. The third-order valence-corrected chi connectivity index (χ3v) is 3.12. The zero-order valence-corrected chi connectivity index (χ0v) is 14.8. The molecule has 0 aromatic heterocycles. The van der Waals surface area contributed by atoms with Crippen LogP contribution in [0.25, 0.3) is 0 Å². The van der Waals surface area contributed by atoms with E-state index in [0.717, 1.165) is 34.0 Å². The molecule has 0 aliphatic heterocycles. The fourth-order valence-electron chi connectivity index (χ4n) is 1.51. The molecule has 0 aliphatic rings. The van der Waals surface area contributed by atoms with Crippen molar-refractivity contribution in [2.45, 2.75) is 53.9 Å². The maximum Gasteiger partial charge on any atom is 0.255 e. The number of halogens is 1. The number of benzene rings is 1. The van der Waals surface area contributed by atoms with Crippen molar-refractivity contribution in [3.8, 4) is 0 Å². The van der Waals surface area contributed by atoms with Crippen LogP contribution in [0.1, 0.15) is 61.5 Å². The van der Waals surface area contributed by atoms with Gasteiger partial charge in [0, 0.05) is 16.2 Å². The number of allylic oxidation sites excluding steroid dienone is 1. The zero-order chi connectivity index (χ0) is 15.5. The minimum absolute atomic E-state index is 0.0562. The lowest BCUT2D eigenvalue weighted by atomic mass is 10.0. The number of hydrogen-bond acceptors (Lipinski definition) is 1. The lowest BCUT2D eigenvalue weighted by molar-refractivity contribution is 0.0969. The minimum Gasteiger partial charge on any atom is -0.329 e. The van der Waals surface area contributed by atoms with E-state index >= 15 is 0 Å². The lowest BCUT2D eigenvalue weighted by Gasteiger charge is -2.08. The smallest absolute Gasteiger partial charge is 0.255 e. The van der Waals surface area contributed by atoms with E-state index in [1.54, 1.807) is 6.20 Å². The number of aryl methyl sites for hydroxylation is 1. The van der Waals surface area contributed by atoms with Gasteiger partial charge in [0.05, 0.1) is 0 Å². The fraction of sp³-hybridized carbons (Fsp3) is 0.471. The van der Waals surface area contributed by atoms with Gasteiger partial charge in [0.2, 0.25) is 0 Å². The van der Waals surface area contributed by atoms with Gasteiger partial charge in [-0.15, -0.1) is 0 Å². The maximum absolute atomic E-state index is 11.9. The van der Waals surface area contributed by atoms with Crippen LogP contribution < -0.4 is 5.32 Å². The molecular formula is C17H26BrNO. The van der Waals surface area contributed by atoms with Gasteiger partial charge >= 0.3 is 0 Å². The molecule has 112 valence electrons. The Balaban J connectivity index is 0.00000110. The Morgan fingerprint density at radius 3 is 2.40 bits per heavy atom. The molecule has 0 aliphatic carbocycles. The van der Waals surface area contributed by atoms with Gasteiger partial charge in [0.25, 0.3) is 5.91 Å². The first-order chi connectivity index (χ1) is 9.47. The van der Waals surface area contributed by atoms with Crippen LogP contribution in [0, 0.1) is 13.8 Å². The van der Waals surface area contributed by atoms with Crippen molar-refractivity contribution in [1.82, 2.24) is 5.32 Å². The highest BCUT2D eigenvalue weighted by Gasteiger charge is 2.10. The van der Waals surface area contributed by atoms with Gasteiger partial charge in [-0.25, -0.2) is 0 Å². The topological polar surface area (TPSA) is 29.1 Å². The van der Waals surface area contributed by atoms with Crippen molar-refractivity contribution in [2.24, 2.45) is 0 Å².